The largest absolute Gasteiger partial charge is 0.445 e. The number of amides is 1. The van der Waals surface area contributed by atoms with Crippen molar-refractivity contribution in [2.45, 2.75) is 63.6 Å². The molecule has 0 unspecified atom stereocenters. The Morgan fingerprint density at radius 3 is 2.58 bits per heavy atom. The topological polar surface area (TPSA) is 141 Å². The standard InChI is InChI=1S/C31H41N7O5SSi/c1-22-15-24(19-38(18-22)31(39)43-20-23-9-7-6-8-10-23)34-28-25(16-33-30(36-28)44(2,40)41)27-17-32-29-26(35-27)11-12-37(29)21-42-13-14-45(3,4)5/h6-12,16-17,22,24H,13-15,18-21H2,1-5H3,(H,33,34,36)/t22-,24-/m0/s1. The minimum Gasteiger partial charge on any atom is -0.445 e. The van der Waals surface area contributed by atoms with E-state index in [1.54, 1.807) is 11.1 Å². The van der Waals surface area contributed by atoms with Gasteiger partial charge >= 0.3 is 6.09 Å². The van der Waals surface area contributed by atoms with Crippen molar-refractivity contribution >= 4 is 41.0 Å². The molecule has 2 atom stereocenters. The van der Waals surface area contributed by atoms with Crippen LogP contribution in [0.4, 0.5) is 10.6 Å². The van der Waals surface area contributed by atoms with Crippen LogP contribution in [-0.2, 0) is 32.6 Å². The molecule has 4 heterocycles. The van der Waals surface area contributed by atoms with Gasteiger partial charge in [-0.05, 0) is 30.0 Å². The average molecular weight is 652 g/mol. The Bertz CT molecular complexity index is 1740. The molecule has 240 valence electrons. The van der Waals surface area contributed by atoms with Crippen LogP contribution in [-0.4, -0.2) is 84.0 Å². The molecule has 0 aliphatic carbocycles. The summed E-state index contributed by atoms with van der Waals surface area (Å²) in [7, 11) is -4.87. The molecule has 3 aromatic heterocycles. The van der Waals surface area contributed by atoms with Crippen molar-refractivity contribution in [3.63, 3.8) is 0 Å². The van der Waals surface area contributed by atoms with Gasteiger partial charge in [-0.1, -0.05) is 56.9 Å². The number of aromatic nitrogens is 5. The van der Waals surface area contributed by atoms with Crippen molar-refractivity contribution in [2.24, 2.45) is 5.92 Å². The first kappa shape index (κ1) is 32.5. The van der Waals surface area contributed by atoms with Gasteiger partial charge in [0.25, 0.3) is 0 Å². The Morgan fingerprint density at radius 2 is 1.84 bits per heavy atom. The third-order valence-corrected chi connectivity index (χ3v) is 10.1. The molecule has 1 saturated heterocycles. The second-order valence-electron chi connectivity index (χ2n) is 12.9. The lowest BCUT2D eigenvalue weighted by atomic mass is 9.96. The number of benzene rings is 1. The lowest BCUT2D eigenvalue weighted by molar-refractivity contribution is 0.0783. The number of piperidine rings is 1. The van der Waals surface area contributed by atoms with Crippen LogP contribution >= 0.6 is 0 Å². The normalized spacial score (nSPS) is 17.4. The summed E-state index contributed by atoms with van der Waals surface area (Å²) in [6.07, 6.45) is 6.38. The molecule has 0 bridgehead atoms. The summed E-state index contributed by atoms with van der Waals surface area (Å²) in [6.45, 7) is 11.2. The molecule has 0 saturated carbocycles. The summed E-state index contributed by atoms with van der Waals surface area (Å²) in [5.74, 6) is 0.481. The molecular formula is C31H41N7O5SSi. The maximum absolute atomic E-state index is 13.0. The van der Waals surface area contributed by atoms with Crippen LogP contribution < -0.4 is 5.32 Å². The molecule has 1 N–H and O–H groups in total. The van der Waals surface area contributed by atoms with Gasteiger partial charge in [-0.3, -0.25) is 0 Å². The predicted octanol–water partition coefficient (Wildman–Crippen LogP) is 5.06. The third-order valence-electron chi connectivity index (χ3n) is 7.53. The van der Waals surface area contributed by atoms with Crippen LogP contribution in [0.15, 0.2) is 60.1 Å². The highest BCUT2D eigenvalue weighted by Gasteiger charge is 2.30. The molecule has 0 spiro atoms. The van der Waals surface area contributed by atoms with Gasteiger partial charge in [-0.15, -0.1) is 0 Å². The van der Waals surface area contributed by atoms with Crippen LogP contribution in [0.25, 0.3) is 22.4 Å². The van der Waals surface area contributed by atoms with Crippen molar-refractivity contribution in [1.82, 2.24) is 29.4 Å². The van der Waals surface area contributed by atoms with Gasteiger partial charge in [-0.25, -0.2) is 33.1 Å². The van der Waals surface area contributed by atoms with Crippen molar-refractivity contribution in [2.75, 3.05) is 31.3 Å². The maximum Gasteiger partial charge on any atom is 0.410 e. The fourth-order valence-corrected chi connectivity index (χ4v) is 6.45. The Kier molecular flexibility index (Phi) is 9.84. The molecule has 1 fully saturated rings. The van der Waals surface area contributed by atoms with Gasteiger partial charge < -0.3 is 24.3 Å². The molecule has 45 heavy (non-hydrogen) atoms. The van der Waals surface area contributed by atoms with Crippen LogP contribution in [0.3, 0.4) is 0 Å². The lowest BCUT2D eigenvalue weighted by Gasteiger charge is -2.36. The number of carbonyl (C=O) groups excluding carboxylic acids is 1. The Hall–Kier alpha value is -3.88. The summed E-state index contributed by atoms with van der Waals surface area (Å²) in [4.78, 5) is 32.7. The van der Waals surface area contributed by atoms with Gasteiger partial charge in [0, 0.05) is 52.5 Å². The molecule has 12 nitrogen and oxygen atoms in total. The van der Waals surface area contributed by atoms with Gasteiger partial charge in [-0.2, -0.15) is 0 Å². The minimum absolute atomic E-state index is 0.170. The molecule has 4 aromatic rings. The SMILES string of the molecule is C[C@H]1C[C@H](Nc2nc(S(C)(=O)=O)ncc2-c2cnc3c(ccn3COCC[Si](C)(C)C)n2)CN(C(=O)OCc2ccccc2)C1. The summed E-state index contributed by atoms with van der Waals surface area (Å²) in [5.41, 5.74) is 3.25. The summed E-state index contributed by atoms with van der Waals surface area (Å²) in [5, 5.41) is 3.10. The average Bonchev–Trinajstić information content (AvgIpc) is 3.39. The van der Waals surface area contributed by atoms with Gasteiger partial charge in [0.05, 0.1) is 17.5 Å². The second-order valence-corrected chi connectivity index (χ2v) is 20.4. The first-order valence-electron chi connectivity index (χ1n) is 15.0. The predicted molar refractivity (Wildman–Crippen MR) is 175 cm³/mol. The van der Waals surface area contributed by atoms with E-state index in [4.69, 9.17) is 14.5 Å². The molecule has 1 aromatic carbocycles. The number of anilines is 1. The van der Waals surface area contributed by atoms with E-state index >= 15 is 0 Å². The zero-order valence-corrected chi connectivity index (χ0v) is 28.2. The molecule has 1 amide bonds. The Labute approximate surface area is 265 Å². The third kappa shape index (κ3) is 8.64. The van der Waals surface area contributed by atoms with Crippen molar-refractivity contribution in [3.8, 4) is 11.3 Å². The number of nitrogens with zero attached hydrogens (tertiary/aromatic N) is 6. The molecule has 0 radical (unpaired) electrons. The second kappa shape index (κ2) is 13.6. The quantitative estimate of drug-likeness (QED) is 0.133. The van der Waals surface area contributed by atoms with Crippen molar-refractivity contribution in [3.05, 3.63) is 60.6 Å². The summed E-state index contributed by atoms with van der Waals surface area (Å²) < 4.78 is 38.2. The van der Waals surface area contributed by atoms with Crippen LogP contribution in [0.2, 0.25) is 25.7 Å². The Balaban J connectivity index is 1.35. The van der Waals surface area contributed by atoms with Gasteiger partial charge in [0.2, 0.25) is 15.0 Å². The zero-order chi connectivity index (χ0) is 32.2. The minimum atomic E-state index is -3.68. The van der Waals surface area contributed by atoms with E-state index in [-0.39, 0.29) is 23.7 Å². The maximum atomic E-state index is 13.0. The number of ether oxygens (including phenoxy) is 2. The van der Waals surface area contributed by atoms with Crippen molar-refractivity contribution in [1.29, 1.82) is 0 Å². The van der Waals surface area contributed by atoms with E-state index < -0.39 is 24.0 Å². The Morgan fingerprint density at radius 1 is 1.07 bits per heavy atom. The molecule has 14 heteroatoms. The van der Waals surface area contributed by atoms with Crippen molar-refractivity contribution < 1.29 is 22.7 Å². The number of fused-ring (bicyclic) bond motifs is 1. The molecule has 1 aliphatic heterocycles. The van der Waals surface area contributed by atoms with Crippen LogP contribution in [0.5, 0.6) is 0 Å². The zero-order valence-electron chi connectivity index (χ0n) is 26.4. The fraction of sp³-hybridized carbons (Fsp3) is 0.452. The number of sulfone groups is 1. The molecule has 1 aliphatic rings. The smallest absolute Gasteiger partial charge is 0.410 e. The summed E-state index contributed by atoms with van der Waals surface area (Å²) in [6, 6.07) is 12.3. The number of rotatable bonds is 11. The number of nitrogens with one attached hydrogen (secondary N) is 1. The van der Waals surface area contributed by atoms with E-state index in [1.165, 1.54) is 6.20 Å². The highest BCUT2D eigenvalue weighted by Crippen LogP contribution is 2.29. The monoisotopic (exact) mass is 651 g/mol. The van der Waals surface area contributed by atoms with E-state index in [0.717, 1.165) is 24.3 Å². The number of hydrogen-bond donors (Lipinski definition) is 1. The number of likely N-dealkylation sites (tertiary alicyclic amines) is 1. The summed E-state index contributed by atoms with van der Waals surface area (Å²) >= 11 is 0. The highest BCUT2D eigenvalue weighted by atomic mass is 32.2. The van der Waals surface area contributed by atoms with E-state index in [9.17, 15) is 13.2 Å². The van der Waals surface area contributed by atoms with E-state index in [0.29, 0.717) is 54.7 Å². The highest BCUT2D eigenvalue weighted by molar-refractivity contribution is 7.90. The number of hydrogen-bond acceptors (Lipinski definition) is 10. The van der Waals surface area contributed by atoms with E-state index in [1.807, 2.05) is 47.2 Å². The van der Waals surface area contributed by atoms with E-state index in [2.05, 4.69) is 46.8 Å². The molecule has 5 rings (SSSR count). The van der Waals surface area contributed by atoms with Gasteiger partial charge in [0.1, 0.15) is 24.7 Å². The van der Waals surface area contributed by atoms with Gasteiger partial charge in [0.15, 0.2) is 5.65 Å². The lowest BCUT2D eigenvalue weighted by Crippen LogP contribution is -2.48. The fourth-order valence-electron chi connectivity index (χ4n) is 5.19. The first-order chi connectivity index (χ1) is 21.4. The van der Waals surface area contributed by atoms with Crippen LogP contribution in [0, 0.1) is 5.92 Å². The molecular weight excluding hydrogens is 611 g/mol. The first-order valence-corrected chi connectivity index (χ1v) is 20.6. The number of carbonyl (C=O) groups is 1. The van der Waals surface area contributed by atoms with Crippen LogP contribution in [0.1, 0.15) is 18.9 Å².